The predicted octanol–water partition coefficient (Wildman–Crippen LogP) is 4.93. The fourth-order valence-corrected chi connectivity index (χ4v) is 2.54. The van der Waals surface area contributed by atoms with E-state index in [-0.39, 0.29) is 0 Å². The molecule has 3 heteroatoms. The predicted molar refractivity (Wildman–Crippen MR) is 96.6 cm³/mol. The van der Waals surface area contributed by atoms with Crippen molar-refractivity contribution in [3.05, 3.63) is 63.2 Å². The summed E-state index contributed by atoms with van der Waals surface area (Å²) in [6.07, 6.45) is 1.13. The third kappa shape index (κ3) is 5.00. The van der Waals surface area contributed by atoms with Gasteiger partial charge in [-0.3, -0.25) is 0 Å². The number of para-hydroxylation sites is 1. The summed E-state index contributed by atoms with van der Waals surface area (Å²) in [7, 11) is 0. The minimum absolute atomic E-state index is 0.304. The molecule has 0 amide bonds. The Kier molecular flexibility index (Phi) is 6.51. The zero-order valence-electron chi connectivity index (χ0n) is 12.6. The maximum atomic E-state index is 6.02. The average molecular weight is 395 g/mol. The van der Waals surface area contributed by atoms with Gasteiger partial charge in [0.05, 0.1) is 0 Å². The second-order valence-electron chi connectivity index (χ2n) is 5.13. The number of benzene rings is 2. The highest BCUT2D eigenvalue weighted by molar-refractivity contribution is 14.1. The lowest BCUT2D eigenvalue weighted by Crippen LogP contribution is -2.19. The monoisotopic (exact) mass is 395 g/mol. The van der Waals surface area contributed by atoms with E-state index in [0.717, 1.165) is 18.7 Å². The Labute approximate surface area is 141 Å². The van der Waals surface area contributed by atoms with Gasteiger partial charge < -0.3 is 10.1 Å². The molecule has 1 atom stereocenters. The van der Waals surface area contributed by atoms with Gasteiger partial charge in [-0.25, -0.2) is 0 Å². The van der Waals surface area contributed by atoms with E-state index in [4.69, 9.17) is 4.74 Å². The summed E-state index contributed by atoms with van der Waals surface area (Å²) < 4.78 is 7.27. The van der Waals surface area contributed by atoms with E-state index >= 15 is 0 Å². The lowest BCUT2D eigenvalue weighted by atomic mass is 10.1. The average Bonchev–Trinajstić information content (AvgIpc) is 2.52. The van der Waals surface area contributed by atoms with Crippen LogP contribution in [-0.2, 0) is 6.61 Å². The Morgan fingerprint density at radius 2 is 1.81 bits per heavy atom. The van der Waals surface area contributed by atoms with E-state index in [9.17, 15) is 0 Å². The molecular formula is C18H22INO. The van der Waals surface area contributed by atoms with Crippen LogP contribution in [0.3, 0.4) is 0 Å². The summed E-state index contributed by atoms with van der Waals surface area (Å²) in [6.45, 7) is 5.99. The standard InChI is InChI=1S/C18H22INO/c1-3-12-20-14(2)17-6-4-5-7-18(17)21-13-15-8-10-16(19)11-9-15/h4-11,14,20H,3,12-13H2,1-2H3. The van der Waals surface area contributed by atoms with E-state index in [1.807, 2.05) is 12.1 Å². The maximum absolute atomic E-state index is 6.02. The maximum Gasteiger partial charge on any atom is 0.124 e. The van der Waals surface area contributed by atoms with Crippen LogP contribution in [-0.4, -0.2) is 6.54 Å². The minimum atomic E-state index is 0.304. The molecule has 0 aromatic heterocycles. The molecule has 0 spiro atoms. The largest absolute Gasteiger partial charge is 0.489 e. The first-order chi connectivity index (χ1) is 10.2. The molecule has 0 saturated carbocycles. The van der Waals surface area contributed by atoms with Gasteiger partial charge in [0, 0.05) is 15.2 Å². The van der Waals surface area contributed by atoms with Crippen molar-refractivity contribution in [3.8, 4) is 5.75 Å². The number of hydrogen-bond donors (Lipinski definition) is 1. The molecule has 0 fully saturated rings. The topological polar surface area (TPSA) is 21.3 Å². The van der Waals surface area contributed by atoms with Gasteiger partial charge in [0.15, 0.2) is 0 Å². The summed E-state index contributed by atoms with van der Waals surface area (Å²) in [6, 6.07) is 17.0. The molecule has 21 heavy (non-hydrogen) atoms. The highest BCUT2D eigenvalue weighted by Crippen LogP contribution is 2.25. The molecule has 2 rings (SSSR count). The van der Waals surface area contributed by atoms with Crippen molar-refractivity contribution in [1.82, 2.24) is 5.32 Å². The van der Waals surface area contributed by atoms with Gasteiger partial charge in [-0.15, -0.1) is 0 Å². The van der Waals surface area contributed by atoms with Crippen molar-refractivity contribution in [3.63, 3.8) is 0 Å². The van der Waals surface area contributed by atoms with Crippen LogP contribution in [0.4, 0.5) is 0 Å². The van der Waals surface area contributed by atoms with Crippen molar-refractivity contribution < 1.29 is 4.74 Å². The molecule has 0 aliphatic carbocycles. The number of nitrogens with one attached hydrogen (secondary N) is 1. The lowest BCUT2D eigenvalue weighted by Gasteiger charge is -2.18. The minimum Gasteiger partial charge on any atom is -0.489 e. The van der Waals surface area contributed by atoms with Crippen LogP contribution in [0.5, 0.6) is 5.75 Å². The summed E-state index contributed by atoms with van der Waals surface area (Å²) in [5, 5.41) is 3.51. The molecule has 1 unspecified atom stereocenters. The first-order valence-electron chi connectivity index (χ1n) is 7.40. The molecule has 1 N–H and O–H groups in total. The molecule has 0 saturated heterocycles. The molecule has 0 aliphatic rings. The van der Waals surface area contributed by atoms with Crippen molar-refractivity contribution in [1.29, 1.82) is 0 Å². The van der Waals surface area contributed by atoms with Gasteiger partial charge in [-0.05, 0) is 66.2 Å². The summed E-state index contributed by atoms with van der Waals surface area (Å²) in [5.74, 6) is 0.965. The fraction of sp³-hybridized carbons (Fsp3) is 0.333. The molecule has 2 aromatic rings. The Morgan fingerprint density at radius 1 is 1.10 bits per heavy atom. The van der Waals surface area contributed by atoms with Crippen molar-refractivity contribution in [2.75, 3.05) is 6.54 Å². The number of halogens is 1. The third-order valence-corrected chi connectivity index (χ3v) is 4.11. The van der Waals surface area contributed by atoms with Gasteiger partial charge in [0.1, 0.15) is 12.4 Å². The van der Waals surface area contributed by atoms with Gasteiger partial charge in [-0.1, -0.05) is 37.3 Å². The first kappa shape index (κ1) is 16.3. The lowest BCUT2D eigenvalue weighted by molar-refractivity contribution is 0.299. The summed E-state index contributed by atoms with van der Waals surface area (Å²) in [4.78, 5) is 0. The molecule has 0 radical (unpaired) electrons. The van der Waals surface area contributed by atoms with Crippen LogP contribution in [0.1, 0.15) is 37.4 Å². The molecular weight excluding hydrogens is 373 g/mol. The van der Waals surface area contributed by atoms with E-state index in [1.54, 1.807) is 0 Å². The molecule has 2 aromatic carbocycles. The third-order valence-electron chi connectivity index (χ3n) is 3.39. The molecule has 112 valence electrons. The summed E-state index contributed by atoms with van der Waals surface area (Å²) in [5.41, 5.74) is 2.41. The van der Waals surface area contributed by atoms with E-state index in [1.165, 1.54) is 14.7 Å². The zero-order valence-corrected chi connectivity index (χ0v) is 14.8. The smallest absolute Gasteiger partial charge is 0.124 e. The van der Waals surface area contributed by atoms with Crippen LogP contribution in [0.2, 0.25) is 0 Å². The molecule has 2 nitrogen and oxygen atoms in total. The first-order valence-corrected chi connectivity index (χ1v) is 8.48. The Morgan fingerprint density at radius 3 is 2.52 bits per heavy atom. The second kappa shape index (κ2) is 8.39. The molecule has 0 heterocycles. The van der Waals surface area contributed by atoms with E-state index in [2.05, 4.69) is 78.2 Å². The Bertz CT molecular complexity index is 553. The van der Waals surface area contributed by atoms with Gasteiger partial charge in [0.25, 0.3) is 0 Å². The highest BCUT2D eigenvalue weighted by Gasteiger charge is 2.10. The van der Waals surface area contributed by atoms with E-state index in [0.29, 0.717) is 12.6 Å². The summed E-state index contributed by atoms with van der Waals surface area (Å²) >= 11 is 2.31. The highest BCUT2D eigenvalue weighted by atomic mass is 127. The number of ether oxygens (including phenoxy) is 1. The van der Waals surface area contributed by atoms with Crippen molar-refractivity contribution in [2.24, 2.45) is 0 Å². The second-order valence-corrected chi connectivity index (χ2v) is 6.37. The number of rotatable bonds is 7. The van der Waals surface area contributed by atoms with Crippen LogP contribution in [0.25, 0.3) is 0 Å². The van der Waals surface area contributed by atoms with Crippen LogP contribution >= 0.6 is 22.6 Å². The van der Waals surface area contributed by atoms with Gasteiger partial charge >= 0.3 is 0 Å². The zero-order chi connectivity index (χ0) is 15.1. The van der Waals surface area contributed by atoms with Crippen LogP contribution in [0.15, 0.2) is 48.5 Å². The van der Waals surface area contributed by atoms with E-state index < -0.39 is 0 Å². The fourth-order valence-electron chi connectivity index (χ4n) is 2.18. The van der Waals surface area contributed by atoms with Crippen molar-refractivity contribution in [2.45, 2.75) is 32.9 Å². The Balaban J connectivity index is 2.04. The molecule has 0 bridgehead atoms. The van der Waals surface area contributed by atoms with Gasteiger partial charge in [0.2, 0.25) is 0 Å². The normalized spacial score (nSPS) is 12.1. The Hall–Kier alpha value is -1.07. The number of hydrogen-bond acceptors (Lipinski definition) is 2. The molecule has 0 aliphatic heterocycles. The van der Waals surface area contributed by atoms with Gasteiger partial charge in [-0.2, -0.15) is 0 Å². The van der Waals surface area contributed by atoms with Crippen LogP contribution in [0, 0.1) is 3.57 Å². The quantitative estimate of drug-likeness (QED) is 0.672. The van der Waals surface area contributed by atoms with Crippen LogP contribution < -0.4 is 10.1 Å². The SMILES string of the molecule is CCCNC(C)c1ccccc1OCc1ccc(I)cc1. The van der Waals surface area contributed by atoms with Crippen molar-refractivity contribution >= 4 is 22.6 Å².